The fourth-order valence-corrected chi connectivity index (χ4v) is 7.34. The van der Waals surface area contributed by atoms with Crippen LogP contribution in [0, 0.1) is 11.7 Å². The minimum Gasteiger partial charge on any atom is -0.319 e. The number of piperidine rings is 2. The van der Waals surface area contributed by atoms with Crippen LogP contribution in [0.5, 0.6) is 0 Å². The van der Waals surface area contributed by atoms with Crippen molar-refractivity contribution in [2.45, 2.75) is 35.7 Å². The fourth-order valence-electron chi connectivity index (χ4n) is 5.65. The maximum Gasteiger partial charge on any atom is 0.245 e. The molecule has 37 heavy (non-hydrogen) atoms. The molecule has 1 amide bonds. The Bertz CT molecular complexity index is 1510. The highest BCUT2D eigenvalue weighted by Gasteiger charge is 2.49. The van der Waals surface area contributed by atoms with Crippen molar-refractivity contribution in [3.05, 3.63) is 64.7 Å². The number of carbonyl (C=O) groups is 1. The molecule has 3 N–H and O–H groups in total. The standard InChI is InChI=1S/C25H24ClFN6O3S/c26-16-3-1-14(2-4-16)11-33-20-5-17(18(27)6-21(20)37(35,36)12-19(28)24(33)34)23-31-22(10-30-32-23)25-7-15(8-25)9-29-13-25/h1-6,10,15,19,29H,7-9,11-13,28H2/t15?,19-,25?/m0/s1. The Labute approximate surface area is 218 Å². The average Bonchev–Trinajstić information content (AvgIpc) is 2.93. The summed E-state index contributed by atoms with van der Waals surface area (Å²) in [5.41, 5.74) is 7.23. The first-order valence-corrected chi connectivity index (χ1v) is 14.0. The third kappa shape index (κ3) is 4.19. The van der Waals surface area contributed by atoms with E-state index in [-0.39, 0.29) is 33.9 Å². The molecule has 3 aromatic rings. The molecular formula is C25H24ClFN6O3S. The van der Waals surface area contributed by atoms with Crippen molar-refractivity contribution in [2.75, 3.05) is 23.7 Å². The van der Waals surface area contributed by atoms with E-state index in [9.17, 15) is 13.2 Å². The van der Waals surface area contributed by atoms with Crippen LogP contribution in [-0.4, -0.2) is 54.4 Å². The summed E-state index contributed by atoms with van der Waals surface area (Å²) in [6, 6.07) is 7.73. The molecule has 7 rings (SSSR count). The number of hydrogen-bond donors (Lipinski definition) is 2. The Morgan fingerprint density at radius 1 is 1.22 bits per heavy atom. The number of aromatic nitrogens is 3. The number of anilines is 1. The predicted octanol–water partition coefficient (Wildman–Crippen LogP) is 2.23. The molecule has 1 saturated carbocycles. The van der Waals surface area contributed by atoms with E-state index in [2.05, 4.69) is 20.5 Å². The molecule has 12 heteroatoms. The minimum atomic E-state index is -4.06. The van der Waals surface area contributed by atoms with Crippen molar-refractivity contribution in [1.29, 1.82) is 0 Å². The molecular weight excluding hydrogens is 519 g/mol. The molecule has 2 bridgehead atoms. The Balaban J connectivity index is 1.47. The quantitative estimate of drug-likeness (QED) is 0.513. The zero-order chi connectivity index (χ0) is 25.9. The molecule has 1 atom stereocenters. The van der Waals surface area contributed by atoms with Gasteiger partial charge in [0, 0.05) is 17.0 Å². The van der Waals surface area contributed by atoms with Crippen LogP contribution in [0.4, 0.5) is 10.1 Å². The van der Waals surface area contributed by atoms with Crippen LogP contribution in [-0.2, 0) is 26.6 Å². The molecule has 2 aromatic carbocycles. The third-order valence-electron chi connectivity index (χ3n) is 7.51. The van der Waals surface area contributed by atoms with Crippen LogP contribution in [0.2, 0.25) is 5.02 Å². The number of hydrogen-bond acceptors (Lipinski definition) is 8. The number of benzene rings is 2. The van der Waals surface area contributed by atoms with Crippen LogP contribution in [0.15, 0.2) is 47.5 Å². The van der Waals surface area contributed by atoms with E-state index in [0.29, 0.717) is 16.5 Å². The highest BCUT2D eigenvalue weighted by molar-refractivity contribution is 7.91. The zero-order valence-corrected chi connectivity index (χ0v) is 21.3. The van der Waals surface area contributed by atoms with E-state index < -0.39 is 33.4 Å². The average molecular weight is 543 g/mol. The van der Waals surface area contributed by atoms with Gasteiger partial charge in [-0.1, -0.05) is 23.7 Å². The van der Waals surface area contributed by atoms with Gasteiger partial charge in [-0.3, -0.25) is 4.79 Å². The van der Waals surface area contributed by atoms with E-state index in [1.54, 1.807) is 30.5 Å². The molecule has 2 saturated heterocycles. The first kappa shape index (κ1) is 24.4. The van der Waals surface area contributed by atoms with Crippen LogP contribution < -0.4 is 16.0 Å². The topological polar surface area (TPSA) is 131 Å². The second-order valence-electron chi connectivity index (χ2n) is 10.1. The highest BCUT2D eigenvalue weighted by Crippen LogP contribution is 2.49. The van der Waals surface area contributed by atoms with Crippen molar-refractivity contribution in [2.24, 2.45) is 11.7 Å². The summed E-state index contributed by atoms with van der Waals surface area (Å²) in [6.07, 6.45) is 3.56. The SMILES string of the molecule is N[C@H]1CS(=O)(=O)c2cc(F)c(-c3nncc(C45CNCC(C4)C5)n3)cc2N(Cc2ccc(Cl)cc2)C1=O. The Morgan fingerprint density at radius 2 is 1.97 bits per heavy atom. The van der Waals surface area contributed by atoms with Gasteiger partial charge in [0.2, 0.25) is 5.91 Å². The largest absolute Gasteiger partial charge is 0.319 e. The van der Waals surface area contributed by atoms with E-state index in [0.717, 1.165) is 37.7 Å². The molecule has 0 unspecified atom stereocenters. The number of carbonyl (C=O) groups excluding carboxylic acids is 1. The lowest BCUT2D eigenvalue weighted by molar-refractivity contribution is -0.119. The Morgan fingerprint density at radius 3 is 2.68 bits per heavy atom. The van der Waals surface area contributed by atoms with E-state index in [1.165, 1.54) is 11.0 Å². The van der Waals surface area contributed by atoms with Crippen molar-refractivity contribution in [3.8, 4) is 11.4 Å². The predicted molar refractivity (Wildman–Crippen MR) is 135 cm³/mol. The molecule has 3 fully saturated rings. The van der Waals surface area contributed by atoms with Gasteiger partial charge in [-0.05, 0) is 55.1 Å². The van der Waals surface area contributed by atoms with Crippen molar-refractivity contribution in [3.63, 3.8) is 0 Å². The lowest BCUT2D eigenvalue weighted by Gasteiger charge is -2.52. The smallest absolute Gasteiger partial charge is 0.245 e. The van der Waals surface area contributed by atoms with Crippen LogP contribution in [0.25, 0.3) is 11.4 Å². The number of sulfone groups is 1. The van der Waals surface area contributed by atoms with Gasteiger partial charge in [0.1, 0.15) is 5.82 Å². The molecule has 9 nitrogen and oxygen atoms in total. The summed E-state index contributed by atoms with van der Waals surface area (Å²) in [5.74, 6) is -1.42. The lowest BCUT2D eigenvalue weighted by Crippen LogP contribution is -2.57. The van der Waals surface area contributed by atoms with E-state index in [1.807, 2.05) is 0 Å². The van der Waals surface area contributed by atoms with Gasteiger partial charge >= 0.3 is 0 Å². The molecule has 0 spiro atoms. The molecule has 192 valence electrons. The van der Waals surface area contributed by atoms with Gasteiger partial charge in [-0.2, -0.15) is 5.10 Å². The maximum absolute atomic E-state index is 15.5. The van der Waals surface area contributed by atoms with Crippen LogP contribution in [0.1, 0.15) is 24.1 Å². The summed E-state index contributed by atoms with van der Waals surface area (Å²) in [7, 11) is -4.06. The first-order chi connectivity index (χ1) is 17.6. The highest BCUT2D eigenvalue weighted by atomic mass is 35.5. The van der Waals surface area contributed by atoms with Gasteiger partial charge in [0.05, 0.1) is 46.4 Å². The van der Waals surface area contributed by atoms with Crippen molar-refractivity contribution >= 4 is 33.0 Å². The molecule has 1 aliphatic carbocycles. The zero-order valence-electron chi connectivity index (χ0n) is 19.7. The number of rotatable bonds is 4. The van der Waals surface area contributed by atoms with E-state index in [4.69, 9.17) is 17.3 Å². The van der Waals surface area contributed by atoms with Crippen LogP contribution >= 0.6 is 11.6 Å². The summed E-state index contributed by atoms with van der Waals surface area (Å²) in [5, 5.41) is 12.1. The second-order valence-corrected chi connectivity index (χ2v) is 12.5. The van der Waals surface area contributed by atoms with Gasteiger partial charge in [-0.15, -0.1) is 5.10 Å². The number of amides is 1. The van der Waals surface area contributed by atoms with Gasteiger partial charge < -0.3 is 16.0 Å². The number of nitrogens with two attached hydrogens (primary N) is 1. The Hall–Kier alpha value is -2.99. The first-order valence-electron chi connectivity index (χ1n) is 11.9. The van der Waals surface area contributed by atoms with Crippen LogP contribution in [0.3, 0.4) is 0 Å². The monoisotopic (exact) mass is 542 g/mol. The summed E-state index contributed by atoms with van der Waals surface area (Å²) in [4.78, 5) is 18.9. The fraction of sp³-hybridized carbons (Fsp3) is 0.360. The van der Waals surface area contributed by atoms with Gasteiger partial charge in [0.25, 0.3) is 0 Å². The normalized spacial score (nSPS) is 26.2. The minimum absolute atomic E-state index is 0.0204. The summed E-state index contributed by atoms with van der Waals surface area (Å²) >= 11 is 5.99. The third-order valence-corrected chi connectivity index (χ3v) is 9.56. The molecule has 0 radical (unpaired) electrons. The van der Waals surface area contributed by atoms with Gasteiger partial charge in [0.15, 0.2) is 15.7 Å². The second kappa shape index (κ2) is 8.80. The number of halogens is 2. The molecule has 4 heterocycles. The summed E-state index contributed by atoms with van der Waals surface area (Å²) < 4.78 is 41.7. The number of fused-ring (bicyclic) bond motifs is 3. The van der Waals surface area contributed by atoms with Gasteiger partial charge in [-0.25, -0.2) is 17.8 Å². The Kier molecular flexibility index (Phi) is 5.79. The van der Waals surface area contributed by atoms with E-state index >= 15 is 4.39 Å². The van der Waals surface area contributed by atoms with Crippen molar-refractivity contribution in [1.82, 2.24) is 20.5 Å². The molecule has 4 aliphatic rings. The lowest BCUT2D eigenvalue weighted by atomic mass is 9.58. The maximum atomic E-state index is 15.5. The molecule has 3 aliphatic heterocycles. The number of nitrogens with one attached hydrogen (secondary N) is 1. The molecule has 1 aromatic heterocycles. The summed E-state index contributed by atoms with van der Waals surface area (Å²) in [6.45, 7) is 1.75. The van der Waals surface area contributed by atoms with Crippen molar-refractivity contribution < 1.29 is 17.6 Å². The number of nitrogens with zero attached hydrogens (tertiary/aromatic N) is 4.